The van der Waals surface area contributed by atoms with Crippen molar-refractivity contribution < 1.29 is 24.2 Å². The summed E-state index contributed by atoms with van der Waals surface area (Å²) < 4.78 is 5.28. The van der Waals surface area contributed by atoms with Gasteiger partial charge in [-0.25, -0.2) is 4.79 Å². The van der Waals surface area contributed by atoms with Gasteiger partial charge in [0, 0.05) is 37.6 Å². The molecule has 2 saturated heterocycles. The number of hydrogen-bond acceptors (Lipinski definition) is 7. The average molecular weight is 406 g/mol. The number of cyclic esters (lactones) is 1. The van der Waals surface area contributed by atoms with E-state index in [1.54, 1.807) is 21.9 Å². The van der Waals surface area contributed by atoms with Gasteiger partial charge in [-0.05, 0) is 17.7 Å². The van der Waals surface area contributed by atoms with E-state index in [1.165, 1.54) is 22.2 Å². The van der Waals surface area contributed by atoms with Crippen LogP contribution in [-0.2, 0) is 20.1 Å². The van der Waals surface area contributed by atoms with E-state index in [0.717, 1.165) is 5.56 Å². The van der Waals surface area contributed by atoms with E-state index in [9.17, 15) is 14.4 Å². The standard InChI is InChI=1S/C18H22N4O5S/c19-12-28-11-13-1-3-14(4-2-13)22-9-15(27-18(22)26)17(25)21-7-5-20(6-8-21)10-16(23)24/h1-4,12,15,19H,5-11H2,(H,23,24). The molecule has 0 aromatic heterocycles. The van der Waals surface area contributed by atoms with Gasteiger partial charge < -0.3 is 20.2 Å². The number of nitrogens with zero attached hydrogens (tertiary/aromatic N) is 3. The zero-order valence-electron chi connectivity index (χ0n) is 15.2. The zero-order valence-corrected chi connectivity index (χ0v) is 16.1. The number of benzene rings is 1. The maximum Gasteiger partial charge on any atom is 0.415 e. The fraction of sp³-hybridized carbons (Fsp3) is 0.444. The minimum atomic E-state index is -0.887. The van der Waals surface area contributed by atoms with Crippen molar-refractivity contribution in [1.82, 2.24) is 9.80 Å². The Balaban J connectivity index is 1.56. The van der Waals surface area contributed by atoms with Crippen LogP contribution in [-0.4, -0.2) is 83.8 Å². The Labute approximate surface area is 166 Å². The molecule has 1 aromatic rings. The minimum Gasteiger partial charge on any atom is -0.480 e. The van der Waals surface area contributed by atoms with Crippen molar-refractivity contribution in [2.75, 3.05) is 44.2 Å². The Morgan fingerprint density at radius 1 is 1.21 bits per heavy atom. The second-order valence-corrected chi connectivity index (χ2v) is 7.43. The number of carboxylic acids is 1. The lowest BCUT2D eigenvalue weighted by molar-refractivity contribution is -0.142. The summed E-state index contributed by atoms with van der Waals surface area (Å²) in [6, 6.07) is 7.38. The lowest BCUT2D eigenvalue weighted by Crippen LogP contribution is -2.52. The van der Waals surface area contributed by atoms with Gasteiger partial charge in [0.25, 0.3) is 5.91 Å². The molecule has 3 rings (SSSR count). The molecule has 0 bridgehead atoms. The summed E-state index contributed by atoms with van der Waals surface area (Å²) in [5.41, 5.74) is 2.98. The molecule has 28 heavy (non-hydrogen) atoms. The molecule has 0 saturated carbocycles. The summed E-state index contributed by atoms with van der Waals surface area (Å²) in [6.07, 6.45) is -1.41. The SMILES string of the molecule is N=CSCc1ccc(N2CC(C(=O)N3CCN(CC(=O)O)CC3)OC2=O)cc1. The first-order chi connectivity index (χ1) is 13.5. The van der Waals surface area contributed by atoms with Crippen LogP contribution in [0.15, 0.2) is 24.3 Å². The quantitative estimate of drug-likeness (QED) is 0.514. The Bertz CT molecular complexity index is 749. The molecule has 2 aliphatic heterocycles. The third-order valence-corrected chi connectivity index (χ3v) is 5.38. The minimum absolute atomic E-state index is 0.0391. The Kier molecular flexibility index (Phi) is 6.53. The molecule has 2 fully saturated rings. The lowest BCUT2D eigenvalue weighted by Gasteiger charge is -2.34. The predicted octanol–water partition coefficient (Wildman–Crippen LogP) is 1.08. The molecule has 2 amide bonds. The highest BCUT2D eigenvalue weighted by atomic mass is 32.2. The highest BCUT2D eigenvalue weighted by Gasteiger charge is 2.39. The van der Waals surface area contributed by atoms with Gasteiger partial charge >= 0.3 is 12.1 Å². The fourth-order valence-corrected chi connectivity index (χ4v) is 3.70. The Morgan fingerprint density at radius 3 is 2.50 bits per heavy atom. The highest BCUT2D eigenvalue weighted by Crippen LogP contribution is 2.24. The van der Waals surface area contributed by atoms with Crippen molar-refractivity contribution in [3.63, 3.8) is 0 Å². The molecule has 0 radical (unpaired) electrons. The third kappa shape index (κ3) is 4.82. The number of nitrogens with one attached hydrogen (secondary N) is 1. The van der Waals surface area contributed by atoms with Gasteiger partial charge in [-0.2, -0.15) is 0 Å². The van der Waals surface area contributed by atoms with Gasteiger partial charge in [-0.3, -0.25) is 19.4 Å². The van der Waals surface area contributed by atoms with Crippen molar-refractivity contribution in [2.45, 2.75) is 11.9 Å². The summed E-state index contributed by atoms with van der Waals surface area (Å²) in [6.45, 7) is 1.92. The maximum absolute atomic E-state index is 12.7. The van der Waals surface area contributed by atoms with Gasteiger partial charge in [-0.15, -0.1) is 11.8 Å². The monoisotopic (exact) mass is 406 g/mol. The number of rotatable bonds is 7. The molecule has 2 N–H and O–H groups in total. The molecule has 2 aliphatic rings. The zero-order chi connectivity index (χ0) is 20.1. The van der Waals surface area contributed by atoms with E-state index in [2.05, 4.69) is 0 Å². The van der Waals surface area contributed by atoms with Crippen LogP contribution >= 0.6 is 11.8 Å². The van der Waals surface area contributed by atoms with Crippen LogP contribution in [0.3, 0.4) is 0 Å². The van der Waals surface area contributed by atoms with Gasteiger partial charge in [0.2, 0.25) is 0 Å². The Morgan fingerprint density at radius 2 is 1.89 bits per heavy atom. The predicted molar refractivity (Wildman–Crippen MR) is 105 cm³/mol. The second kappa shape index (κ2) is 9.07. The van der Waals surface area contributed by atoms with Gasteiger partial charge in [0.15, 0.2) is 6.10 Å². The summed E-state index contributed by atoms with van der Waals surface area (Å²) >= 11 is 1.37. The number of carboxylic acid groups (broad SMARTS) is 1. The van der Waals surface area contributed by atoms with Crippen LogP contribution in [0.5, 0.6) is 0 Å². The first-order valence-electron chi connectivity index (χ1n) is 8.88. The number of carbonyl (C=O) groups excluding carboxylic acids is 2. The molecule has 2 heterocycles. The van der Waals surface area contributed by atoms with Crippen LogP contribution in [0.25, 0.3) is 0 Å². The molecular weight excluding hydrogens is 384 g/mol. The van der Waals surface area contributed by atoms with Crippen LogP contribution in [0.2, 0.25) is 0 Å². The van der Waals surface area contributed by atoms with Crippen molar-refractivity contribution in [1.29, 1.82) is 5.41 Å². The molecule has 9 nitrogen and oxygen atoms in total. The topological polar surface area (TPSA) is 114 Å². The van der Waals surface area contributed by atoms with Gasteiger partial charge in [-0.1, -0.05) is 12.1 Å². The molecular formula is C18H22N4O5S. The number of anilines is 1. The summed E-state index contributed by atoms with van der Waals surface area (Å²) in [5.74, 6) is -0.448. The van der Waals surface area contributed by atoms with E-state index < -0.39 is 18.2 Å². The molecule has 0 aliphatic carbocycles. The second-order valence-electron chi connectivity index (χ2n) is 6.57. The van der Waals surface area contributed by atoms with Gasteiger partial charge in [0.05, 0.1) is 18.6 Å². The number of piperazine rings is 1. The third-order valence-electron chi connectivity index (χ3n) is 4.71. The molecule has 10 heteroatoms. The molecule has 150 valence electrons. The molecule has 1 aromatic carbocycles. The van der Waals surface area contributed by atoms with Crippen LogP contribution in [0.4, 0.5) is 10.5 Å². The van der Waals surface area contributed by atoms with E-state index >= 15 is 0 Å². The highest BCUT2D eigenvalue weighted by molar-refractivity contribution is 8.11. The number of aliphatic carboxylic acids is 1. The van der Waals surface area contributed by atoms with E-state index in [1.807, 2.05) is 12.1 Å². The van der Waals surface area contributed by atoms with E-state index in [4.69, 9.17) is 15.3 Å². The number of thioether (sulfide) groups is 1. The number of amides is 2. The number of hydrogen-bond donors (Lipinski definition) is 2. The van der Waals surface area contributed by atoms with Crippen LogP contribution < -0.4 is 4.90 Å². The first-order valence-corrected chi connectivity index (χ1v) is 9.93. The van der Waals surface area contributed by atoms with Crippen molar-refractivity contribution in [3.8, 4) is 0 Å². The Hall–Kier alpha value is -2.59. The normalized spacial score (nSPS) is 20.1. The summed E-state index contributed by atoms with van der Waals surface area (Å²) in [7, 11) is 0. The van der Waals surface area contributed by atoms with Crippen LogP contribution in [0.1, 0.15) is 5.56 Å². The molecule has 1 atom stereocenters. The van der Waals surface area contributed by atoms with E-state index in [0.29, 0.717) is 37.6 Å². The lowest BCUT2D eigenvalue weighted by atomic mass is 10.2. The van der Waals surface area contributed by atoms with Crippen molar-refractivity contribution in [2.24, 2.45) is 0 Å². The molecule has 0 spiro atoms. The maximum atomic E-state index is 12.7. The largest absolute Gasteiger partial charge is 0.480 e. The summed E-state index contributed by atoms with van der Waals surface area (Å²) in [4.78, 5) is 40.5. The summed E-state index contributed by atoms with van der Waals surface area (Å²) in [5, 5.41) is 15.9. The fourth-order valence-electron chi connectivity index (χ4n) is 3.23. The van der Waals surface area contributed by atoms with Crippen LogP contribution in [0, 0.1) is 5.41 Å². The number of carbonyl (C=O) groups is 3. The van der Waals surface area contributed by atoms with Crippen molar-refractivity contribution in [3.05, 3.63) is 29.8 Å². The number of ether oxygens (including phenoxy) is 1. The van der Waals surface area contributed by atoms with Crippen molar-refractivity contribution >= 4 is 41.0 Å². The first kappa shape index (κ1) is 20.2. The average Bonchev–Trinajstić information content (AvgIpc) is 3.08. The van der Waals surface area contributed by atoms with Gasteiger partial charge in [0.1, 0.15) is 0 Å². The van der Waals surface area contributed by atoms with E-state index in [-0.39, 0.29) is 19.0 Å². The molecule has 1 unspecified atom stereocenters. The smallest absolute Gasteiger partial charge is 0.415 e.